The Morgan fingerprint density at radius 1 is 0.947 bits per heavy atom. The first-order valence-corrected chi connectivity index (χ1v) is 12.9. The molecule has 0 fully saturated rings. The first-order chi connectivity index (χ1) is 18.7. The van der Waals surface area contributed by atoms with Gasteiger partial charge in [0.05, 0.1) is 29.1 Å². The SMILES string of the molecule is Cc1ccc(-c2ccnc3nc(-c4n[nH]c5cnc(-c6cncc(OCc7ccccc7)c6)cc45)[nH]c23)s1. The Bertz CT molecular complexity index is 1910. The average Bonchev–Trinajstić information content (AvgIpc) is 3.70. The van der Waals surface area contributed by atoms with Crippen LogP contribution in [0.25, 0.3) is 55.3 Å². The minimum absolute atomic E-state index is 0.470. The highest BCUT2D eigenvalue weighted by atomic mass is 32.1. The second kappa shape index (κ2) is 9.20. The number of nitrogens with one attached hydrogen (secondary N) is 2. The maximum atomic E-state index is 5.97. The Morgan fingerprint density at radius 3 is 2.74 bits per heavy atom. The van der Waals surface area contributed by atoms with E-state index in [0.717, 1.165) is 38.8 Å². The third kappa shape index (κ3) is 4.08. The summed E-state index contributed by atoms with van der Waals surface area (Å²) in [7, 11) is 0. The van der Waals surface area contributed by atoms with Gasteiger partial charge in [0.2, 0.25) is 0 Å². The van der Waals surface area contributed by atoms with Crippen LogP contribution in [0, 0.1) is 6.92 Å². The quantitative estimate of drug-likeness (QED) is 0.259. The molecule has 0 radical (unpaired) electrons. The molecule has 6 heterocycles. The summed E-state index contributed by atoms with van der Waals surface area (Å²) >= 11 is 1.75. The highest BCUT2D eigenvalue weighted by molar-refractivity contribution is 7.15. The molecule has 0 aliphatic heterocycles. The first kappa shape index (κ1) is 22.3. The van der Waals surface area contributed by atoms with Crippen molar-refractivity contribution in [3.05, 3.63) is 95.9 Å². The number of hydrogen-bond acceptors (Lipinski definition) is 7. The van der Waals surface area contributed by atoms with Crippen molar-refractivity contribution >= 4 is 33.4 Å². The third-order valence-corrected chi connectivity index (χ3v) is 7.36. The summed E-state index contributed by atoms with van der Waals surface area (Å²) < 4.78 is 5.97. The Kier molecular flexibility index (Phi) is 5.41. The van der Waals surface area contributed by atoms with Gasteiger partial charge in [0.15, 0.2) is 11.5 Å². The number of nitrogens with zero attached hydrogens (tertiary/aromatic N) is 5. The number of pyridine rings is 3. The van der Waals surface area contributed by atoms with E-state index >= 15 is 0 Å². The number of hydrogen-bond donors (Lipinski definition) is 2. The van der Waals surface area contributed by atoms with Crippen molar-refractivity contribution in [1.82, 2.24) is 35.1 Å². The Balaban J connectivity index is 1.24. The average molecular weight is 516 g/mol. The lowest BCUT2D eigenvalue weighted by atomic mass is 10.1. The molecule has 7 aromatic rings. The number of ether oxygens (including phenoxy) is 1. The number of aromatic amines is 2. The predicted molar refractivity (Wildman–Crippen MR) is 149 cm³/mol. The summed E-state index contributed by atoms with van der Waals surface area (Å²) in [6.07, 6.45) is 7.06. The maximum Gasteiger partial charge on any atom is 0.178 e. The van der Waals surface area contributed by atoms with E-state index in [1.807, 2.05) is 48.5 Å². The van der Waals surface area contributed by atoms with E-state index in [-0.39, 0.29) is 0 Å². The van der Waals surface area contributed by atoms with Crippen molar-refractivity contribution < 1.29 is 4.74 Å². The summed E-state index contributed by atoms with van der Waals surface area (Å²) in [5, 5.41) is 8.54. The van der Waals surface area contributed by atoms with E-state index in [0.29, 0.717) is 29.5 Å². The van der Waals surface area contributed by atoms with Crippen LogP contribution < -0.4 is 4.74 Å². The van der Waals surface area contributed by atoms with E-state index in [1.165, 1.54) is 9.75 Å². The van der Waals surface area contributed by atoms with Gasteiger partial charge in [-0.3, -0.25) is 15.1 Å². The fraction of sp³-hybridized carbons (Fsp3) is 0.0690. The van der Waals surface area contributed by atoms with E-state index in [9.17, 15) is 0 Å². The number of aryl methyl sites for hydroxylation is 1. The number of benzene rings is 1. The molecule has 184 valence electrons. The molecular weight excluding hydrogens is 494 g/mol. The molecule has 38 heavy (non-hydrogen) atoms. The molecule has 6 aromatic heterocycles. The highest BCUT2D eigenvalue weighted by Gasteiger charge is 2.17. The van der Waals surface area contributed by atoms with Gasteiger partial charge in [-0.1, -0.05) is 30.3 Å². The van der Waals surface area contributed by atoms with Crippen molar-refractivity contribution in [3.8, 4) is 39.0 Å². The van der Waals surface area contributed by atoms with Crippen molar-refractivity contribution in [2.75, 3.05) is 0 Å². The van der Waals surface area contributed by atoms with Crippen molar-refractivity contribution in [2.24, 2.45) is 0 Å². The molecule has 0 spiro atoms. The number of fused-ring (bicyclic) bond motifs is 2. The van der Waals surface area contributed by atoms with Crippen LogP contribution in [0.1, 0.15) is 10.4 Å². The predicted octanol–water partition coefficient (Wildman–Crippen LogP) is 6.57. The molecule has 0 aliphatic carbocycles. The normalized spacial score (nSPS) is 11.4. The molecular formula is C29H21N7OS. The number of rotatable bonds is 6. The second-order valence-corrected chi connectivity index (χ2v) is 10.2. The number of H-pyrrole nitrogens is 2. The molecule has 8 nitrogen and oxygen atoms in total. The summed E-state index contributed by atoms with van der Waals surface area (Å²) in [6, 6.07) is 20.3. The molecule has 0 aliphatic rings. The van der Waals surface area contributed by atoms with Crippen molar-refractivity contribution in [3.63, 3.8) is 0 Å². The molecule has 0 saturated carbocycles. The zero-order valence-electron chi connectivity index (χ0n) is 20.3. The lowest BCUT2D eigenvalue weighted by Gasteiger charge is -2.08. The lowest BCUT2D eigenvalue weighted by molar-refractivity contribution is 0.305. The second-order valence-electron chi connectivity index (χ2n) is 8.92. The highest BCUT2D eigenvalue weighted by Crippen LogP contribution is 2.34. The Labute approximate surface area is 221 Å². The molecule has 0 amide bonds. The van der Waals surface area contributed by atoms with Gasteiger partial charge in [-0.25, -0.2) is 9.97 Å². The monoisotopic (exact) mass is 515 g/mol. The molecule has 1 aromatic carbocycles. The van der Waals surface area contributed by atoms with Gasteiger partial charge < -0.3 is 9.72 Å². The van der Waals surface area contributed by atoms with Crippen LogP contribution in [0.3, 0.4) is 0 Å². The largest absolute Gasteiger partial charge is 0.487 e. The van der Waals surface area contributed by atoms with Gasteiger partial charge in [-0.2, -0.15) is 5.10 Å². The summed E-state index contributed by atoms with van der Waals surface area (Å²) in [5.74, 6) is 1.33. The summed E-state index contributed by atoms with van der Waals surface area (Å²) in [5.41, 5.74) is 6.86. The zero-order chi connectivity index (χ0) is 25.5. The topological polar surface area (TPSA) is 105 Å². The van der Waals surface area contributed by atoms with E-state index in [4.69, 9.17) is 9.72 Å². The molecule has 9 heteroatoms. The van der Waals surface area contributed by atoms with Crippen LogP contribution in [0.4, 0.5) is 0 Å². The molecule has 2 N–H and O–H groups in total. The van der Waals surface area contributed by atoms with Gasteiger partial charge >= 0.3 is 0 Å². The smallest absolute Gasteiger partial charge is 0.178 e. The van der Waals surface area contributed by atoms with Crippen molar-refractivity contribution in [1.29, 1.82) is 0 Å². The van der Waals surface area contributed by atoms with Crippen LogP contribution in [-0.2, 0) is 6.61 Å². The van der Waals surface area contributed by atoms with Gasteiger partial charge in [0.1, 0.15) is 18.1 Å². The number of thiophene rings is 1. The van der Waals surface area contributed by atoms with Crippen LogP contribution in [-0.4, -0.2) is 35.1 Å². The van der Waals surface area contributed by atoms with Crippen molar-refractivity contribution in [2.45, 2.75) is 13.5 Å². The molecule has 0 unspecified atom stereocenters. The third-order valence-electron chi connectivity index (χ3n) is 6.33. The zero-order valence-corrected chi connectivity index (χ0v) is 21.2. The maximum absolute atomic E-state index is 5.97. The number of aromatic nitrogens is 7. The summed E-state index contributed by atoms with van der Waals surface area (Å²) in [4.78, 5) is 24.2. The Hall–Kier alpha value is -4.89. The Morgan fingerprint density at radius 2 is 1.87 bits per heavy atom. The fourth-order valence-corrected chi connectivity index (χ4v) is 5.34. The van der Waals surface area contributed by atoms with Gasteiger partial charge in [0, 0.05) is 38.7 Å². The number of imidazole rings is 1. The van der Waals surface area contributed by atoms with Crippen LogP contribution in [0.5, 0.6) is 5.75 Å². The van der Waals surface area contributed by atoms with Crippen LogP contribution in [0.2, 0.25) is 0 Å². The van der Waals surface area contributed by atoms with Gasteiger partial charge in [0.25, 0.3) is 0 Å². The molecule has 7 rings (SSSR count). The summed E-state index contributed by atoms with van der Waals surface area (Å²) in [6.45, 7) is 2.57. The first-order valence-electron chi connectivity index (χ1n) is 12.1. The molecule has 0 bridgehead atoms. The fourth-order valence-electron chi connectivity index (χ4n) is 4.44. The minimum atomic E-state index is 0.470. The van der Waals surface area contributed by atoms with Crippen LogP contribution in [0.15, 0.2) is 85.5 Å². The standard InChI is InChI=1S/C29H21N7OS/c1-17-7-8-25(38-17)21-9-10-31-28-26(21)33-29(34-28)27-22-12-23(32-15-24(22)35-36-27)19-11-20(14-30-13-19)37-16-18-5-3-2-4-6-18/h2-15H,16H2,1H3,(H,35,36)(H,31,33,34). The molecule has 0 saturated heterocycles. The van der Waals surface area contributed by atoms with Gasteiger partial charge in [-0.15, -0.1) is 11.3 Å². The van der Waals surface area contributed by atoms with Gasteiger partial charge in [-0.05, 0) is 42.8 Å². The molecule has 0 atom stereocenters. The minimum Gasteiger partial charge on any atom is -0.487 e. The lowest BCUT2D eigenvalue weighted by Crippen LogP contribution is -1.96. The van der Waals surface area contributed by atoms with E-state index < -0.39 is 0 Å². The van der Waals surface area contributed by atoms with Crippen LogP contribution >= 0.6 is 11.3 Å². The van der Waals surface area contributed by atoms with E-state index in [1.54, 1.807) is 36.1 Å². The van der Waals surface area contributed by atoms with E-state index in [2.05, 4.69) is 49.2 Å².